The van der Waals surface area contributed by atoms with Crippen molar-refractivity contribution in [2.75, 3.05) is 26.7 Å². The van der Waals surface area contributed by atoms with Gasteiger partial charge in [0.2, 0.25) is 5.91 Å². The first-order valence-corrected chi connectivity index (χ1v) is 4.25. The second kappa shape index (κ2) is 2.48. The summed E-state index contributed by atoms with van der Waals surface area (Å²) in [6, 6.07) is 0.665. The fourth-order valence-corrected chi connectivity index (χ4v) is 2.02. The Morgan fingerprint density at radius 3 is 3.18 bits per heavy atom. The van der Waals surface area contributed by atoms with E-state index in [9.17, 15) is 4.79 Å². The zero-order chi connectivity index (χ0) is 7.84. The van der Waals surface area contributed by atoms with Crippen molar-refractivity contribution in [1.29, 1.82) is 0 Å². The van der Waals surface area contributed by atoms with E-state index in [4.69, 9.17) is 0 Å². The van der Waals surface area contributed by atoms with Crippen molar-refractivity contribution >= 4 is 5.91 Å². The Morgan fingerprint density at radius 1 is 1.55 bits per heavy atom. The second-order valence-corrected chi connectivity index (χ2v) is 3.54. The summed E-state index contributed by atoms with van der Waals surface area (Å²) in [6.45, 7) is 2.73. The van der Waals surface area contributed by atoms with Gasteiger partial charge in [-0.3, -0.25) is 9.69 Å². The molecule has 1 amide bonds. The van der Waals surface area contributed by atoms with Crippen LogP contribution in [-0.2, 0) is 4.79 Å². The number of rotatable bonds is 0. The number of nitrogens with zero attached hydrogens (tertiary/aromatic N) is 2. The predicted molar refractivity (Wildman–Crippen MR) is 42.2 cm³/mol. The molecule has 3 nitrogen and oxygen atoms in total. The highest BCUT2D eigenvalue weighted by atomic mass is 16.2. The average Bonchev–Trinajstić information content (AvgIpc) is 2.36. The summed E-state index contributed by atoms with van der Waals surface area (Å²) in [7, 11) is 1.90. The van der Waals surface area contributed by atoms with E-state index in [-0.39, 0.29) is 5.91 Å². The first-order chi connectivity index (χ1) is 5.27. The number of likely N-dealkylation sites (N-methyl/N-ethyl adjacent to an activating group) is 1. The molecule has 0 saturated carbocycles. The van der Waals surface area contributed by atoms with Gasteiger partial charge in [-0.05, 0) is 19.4 Å². The zero-order valence-electron chi connectivity index (χ0n) is 6.92. The highest BCUT2D eigenvalue weighted by molar-refractivity contribution is 5.78. The van der Waals surface area contributed by atoms with E-state index in [1.54, 1.807) is 0 Å². The van der Waals surface area contributed by atoms with E-state index in [2.05, 4.69) is 4.90 Å². The fourth-order valence-electron chi connectivity index (χ4n) is 2.02. The molecule has 0 aromatic rings. The quantitative estimate of drug-likeness (QED) is 0.487. The standard InChI is InChI=1S/C8H14N2O/c1-9-5-7-3-2-4-10(7)6-8(9)11/h7H,2-6H2,1H3/t7-/m0/s1. The first-order valence-electron chi connectivity index (χ1n) is 4.25. The van der Waals surface area contributed by atoms with Gasteiger partial charge in [-0.25, -0.2) is 0 Å². The summed E-state index contributed by atoms with van der Waals surface area (Å²) >= 11 is 0. The van der Waals surface area contributed by atoms with Gasteiger partial charge in [0.15, 0.2) is 0 Å². The minimum atomic E-state index is 0.281. The van der Waals surface area contributed by atoms with Crippen LogP contribution in [0.1, 0.15) is 12.8 Å². The number of hydrogen-bond donors (Lipinski definition) is 0. The van der Waals surface area contributed by atoms with Crippen LogP contribution in [0.4, 0.5) is 0 Å². The molecule has 2 rings (SSSR count). The molecule has 2 saturated heterocycles. The largest absolute Gasteiger partial charge is 0.343 e. The monoisotopic (exact) mass is 154 g/mol. The molecule has 0 aliphatic carbocycles. The van der Waals surface area contributed by atoms with E-state index >= 15 is 0 Å². The maximum atomic E-state index is 11.2. The lowest BCUT2D eigenvalue weighted by Crippen LogP contribution is -2.51. The van der Waals surface area contributed by atoms with Crippen molar-refractivity contribution in [2.24, 2.45) is 0 Å². The topological polar surface area (TPSA) is 23.6 Å². The van der Waals surface area contributed by atoms with Gasteiger partial charge in [0.1, 0.15) is 0 Å². The van der Waals surface area contributed by atoms with Crippen molar-refractivity contribution in [1.82, 2.24) is 9.80 Å². The Morgan fingerprint density at radius 2 is 2.36 bits per heavy atom. The summed E-state index contributed by atoms with van der Waals surface area (Å²) in [6.07, 6.45) is 2.55. The Balaban J connectivity index is 2.06. The average molecular weight is 154 g/mol. The van der Waals surface area contributed by atoms with Gasteiger partial charge >= 0.3 is 0 Å². The molecule has 2 aliphatic heterocycles. The maximum Gasteiger partial charge on any atom is 0.236 e. The Hall–Kier alpha value is -0.570. The molecule has 0 unspecified atom stereocenters. The Kier molecular flexibility index (Phi) is 1.60. The first kappa shape index (κ1) is 7.10. The number of carbonyl (C=O) groups excluding carboxylic acids is 1. The van der Waals surface area contributed by atoms with E-state index in [1.165, 1.54) is 12.8 Å². The molecular formula is C8H14N2O. The van der Waals surface area contributed by atoms with Crippen molar-refractivity contribution in [3.05, 3.63) is 0 Å². The number of amides is 1. The summed E-state index contributed by atoms with van der Waals surface area (Å²) in [5, 5.41) is 0. The minimum Gasteiger partial charge on any atom is -0.343 e. The molecule has 2 fully saturated rings. The van der Waals surface area contributed by atoms with Crippen LogP contribution in [0.5, 0.6) is 0 Å². The van der Waals surface area contributed by atoms with E-state index in [0.717, 1.165) is 13.1 Å². The van der Waals surface area contributed by atoms with Crippen LogP contribution in [-0.4, -0.2) is 48.4 Å². The van der Waals surface area contributed by atoms with Gasteiger partial charge in [0, 0.05) is 19.6 Å². The van der Waals surface area contributed by atoms with Crippen molar-refractivity contribution in [3.8, 4) is 0 Å². The molecule has 0 N–H and O–H groups in total. The van der Waals surface area contributed by atoms with E-state index < -0.39 is 0 Å². The molecule has 1 atom stereocenters. The molecule has 62 valence electrons. The third kappa shape index (κ3) is 1.13. The van der Waals surface area contributed by atoms with Crippen LogP contribution in [0, 0.1) is 0 Å². The lowest BCUT2D eigenvalue weighted by Gasteiger charge is -2.34. The van der Waals surface area contributed by atoms with Crippen LogP contribution < -0.4 is 0 Å². The molecule has 2 heterocycles. The van der Waals surface area contributed by atoms with Crippen LogP contribution >= 0.6 is 0 Å². The van der Waals surface area contributed by atoms with Gasteiger partial charge < -0.3 is 4.90 Å². The van der Waals surface area contributed by atoms with Gasteiger partial charge in [0.25, 0.3) is 0 Å². The van der Waals surface area contributed by atoms with Gasteiger partial charge in [-0.1, -0.05) is 0 Å². The van der Waals surface area contributed by atoms with Crippen molar-refractivity contribution in [2.45, 2.75) is 18.9 Å². The smallest absolute Gasteiger partial charge is 0.236 e. The lowest BCUT2D eigenvalue weighted by molar-refractivity contribution is -0.135. The maximum absolute atomic E-state index is 11.2. The molecular weight excluding hydrogens is 140 g/mol. The minimum absolute atomic E-state index is 0.281. The zero-order valence-corrected chi connectivity index (χ0v) is 6.92. The summed E-state index contributed by atoms with van der Waals surface area (Å²) in [5.41, 5.74) is 0. The molecule has 0 aromatic carbocycles. The lowest BCUT2D eigenvalue weighted by atomic mass is 10.2. The molecule has 2 aliphatic rings. The van der Waals surface area contributed by atoms with E-state index in [1.807, 2.05) is 11.9 Å². The normalized spacial score (nSPS) is 32.6. The summed E-state index contributed by atoms with van der Waals surface area (Å²) in [4.78, 5) is 15.4. The number of hydrogen-bond acceptors (Lipinski definition) is 2. The van der Waals surface area contributed by atoms with Crippen molar-refractivity contribution in [3.63, 3.8) is 0 Å². The van der Waals surface area contributed by atoms with E-state index in [0.29, 0.717) is 12.6 Å². The SMILES string of the molecule is CN1C[C@@H]2CCCN2CC1=O. The molecule has 0 bridgehead atoms. The molecule has 11 heavy (non-hydrogen) atoms. The number of piperazine rings is 1. The molecule has 0 aromatic heterocycles. The highest BCUT2D eigenvalue weighted by Gasteiger charge is 2.32. The highest BCUT2D eigenvalue weighted by Crippen LogP contribution is 2.20. The summed E-state index contributed by atoms with van der Waals surface area (Å²) < 4.78 is 0. The summed E-state index contributed by atoms with van der Waals surface area (Å²) in [5.74, 6) is 0.281. The molecule has 0 radical (unpaired) electrons. The van der Waals surface area contributed by atoms with Gasteiger partial charge in [-0.15, -0.1) is 0 Å². The van der Waals surface area contributed by atoms with Crippen molar-refractivity contribution < 1.29 is 4.79 Å². The third-order valence-electron chi connectivity index (χ3n) is 2.75. The molecule has 3 heteroatoms. The van der Waals surface area contributed by atoms with Crippen LogP contribution in [0.3, 0.4) is 0 Å². The number of carbonyl (C=O) groups is 1. The Labute approximate surface area is 67.0 Å². The Bertz CT molecular complexity index is 181. The fraction of sp³-hybridized carbons (Fsp3) is 0.875. The predicted octanol–water partition coefficient (Wildman–Crippen LogP) is -0.0772. The third-order valence-corrected chi connectivity index (χ3v) is 2.75. The van der Waals surface area contributed by atoms with Crippen LogP contribution in [0.2, 0.25) is 0 Å². The van der Waals surface area contributed by atoms with Crippen LogP contribution in [0.15, 0.2) is 0 Å². The molecule has 0 spiro atoms. The van der Waals surface area contributed by atoms with Gasteiger partial charge in [0.05, 0.1) is 6.54 Å². The second-order valence-electron chi connectivity index (χ2n) is 3.54. The van der Waals surface area contributed by atoms with Crippen LogP contribution in [0.25, 0.3) is 0 Å². The number of fused-ring (bicyclic) bond motifs is 1. The van der Waals surface area contributed by atoms with Gasteiger partial charge in [-0.2, -0.15) is 0 Å².